The maximum Gasteiger partial charge on any atom is 0.228 e. The molecule has 0 aromatic rings. The first-order chi connectivity index (χ1) is 10.1. The highest BCUT2D eigenvalue weighted by atomic mass is 28.4. The van der Waals surface area contributed by atoms with Crippen LogP contribution in [0.1, 0.15) is 53.4 Å². The van der Waals surface area contributed by atoms with Gasteiger partial charge in [0.05, 0.1) is 24.2 Å². The van der Waals surface area contributed by atoms with Crippen molar-refractivity contribution in [2.45, 2.75) is 95.4 Å². The van der Waals surface area contributed by atoms with E-state index < -0.39 is 8.32 Å². The zero-order valence-corrected chi connectivity index (χ0v) is 15.9. The van der Waals surface area contributed by atoms with E-state index in [0.717, 1.165) is 12.8 Å². The average Bonchev–Trinajstić information content (AvgIpc) is 3.08. The summed E-state index contributed by atoms with van der Waals surface area (Å²) in [6.45, 7) is 13.3. The van der Waals surface area contributed by atoms with Crippen LogP contribution < -0.4 is 5.32 Å². The minimum atomic E-state index is -1.85. The molecule has 4 nitrogen and oxygen atoms in total. The molecule has 3 aliphatic rings. The molecule has 3 rings (SSSR count). The zero-order chi connectivity index (χ0) is 16.3. The molecule has 5 atom stereocenters. The molecule has 2 heterocycles. The maximum absolute atomic E-state index is 12.2. The van der Waals surface area contributed by atoms with E-state index in [1.54, 1.807) is 0 Å². The van der Waals surface area contributed by atoms with Crippen molar-refractivity contribution in [2.24, 2.45) is 5.92 Å². The smallest absolute Gasteiger partial charge is 0.228 e. The lowest BCUT2D eigenvalue weighted by molar-refractivity contribution is -0.143. The van der Waals surface area contributed by atoms with Gasteiger partial charge in [0.15, 0.2) is 8.32 Å². The number of rotatable bonds is 4. The maximum atomic E-state index is 12.2. The quantitative estimate of drug-likeness (QED) is 0.490. The van der Waals surface area contributed by atoms with E-state index >= 15 is 0 Å². The number of nitrogens with one attached hydrogen (secondary N) is 1. The molecule has 1 N–H and O–H groups in total. The highest BCUT2D eigenvalue weighted by molar-refractivity contribution is 6.74. The van der Waals surface area contributed by atoms with Gasteiger partial charge in [-0.15, -0.1) is 0 Å². The van der Waals surface area contributed by atoms with Crippen LogP contribution in [0, 0.1) is 5.92 Å². The Kier molecular flexibility index (Phi) is 3.78. The summed E-state index contributed by atoms with van der Waals surface area (Å²) in [4.78, 5) is 12.2. The van der Waals surface area contributed by atoms with Crippen LogP contribution in [0.15, 0.2) is 0 Å². The molecular weight excluding hydrogens is 294 g/mol. The van der Waals surface area contributed by atoms with Crippen molar-refractivity contribution >= 4 is 14.2 Å². The summed E-state index contributed by atoms with van der Waals surface area (Å²) in [6, 6.07) is 0.157. The van der Waals surface area contributed by atoms with Gasteiger partial charge in [-0.3, -0.25) is 4.79 Å². The van der Waals surface area contributed by atoms with Crippen LogP contribution in [0.25, 0.3) is 0 Å². The molecule has 1 aliphatic carbocycles. The van der Waals surface area contributed by atoms with Gasteiger partial charge in [-0.25, -0.2) is 0 Å². The third-order valence-electron chi connectivity index (χ3n) is 6.41. The monoisotopic (exact) mass is 325 g/mol. The van der Waals surface area contributed by atoms with Gasteiger partial charge in [-0.2, -0.15) is 0 Å². The van der Waals surface area contributed by atoms with Crippen molar-refractivity contribution < 1.29 is 14.0 Å². The van der Waals surface area contributed by atoms with Crippen LogP contribution in [0.3, 0.4) is 0 Å². The number of epoxide rings is 1. The Morgan fingerprint density at radius 3 is 2.59 bits per heavy atom. The number of fused-ring (bicyclic) bond motifs is 1. The van der Waals surface area contributed by atoms with Crippen molar-refractivity contribution in [1.82, 2.24) is 5.32 Å². The molecule has 0 spiro atoms. The summed E-state index contributed by atoms with van der Waals surface area (Å²) in [5.41, 5.74) is -0.0676. The molecule has 2 aliphatic heterocycles. The summed E-state index contributed by atoms with van der Waals surface area (Å²) in [6.07, 6.45) is 5.05. The van der Waals surface area contributed by atoms with Gasteiger partial charge in [0.25, 0.3) is 0 Å². The van der Waals surface area contributed by atoms with Crippen LogP contribution in [-0.2, 0) is 14.0 Å². The van der Waals surface area contributed by atoms with Crippen molar-refractivity contribution in [2.75, 3.05) is 0 Å². The van der Waals surface area contributed by atoms with Crippen molar-refractivity contribution in [1.29, 1.82) is 0 Å². The Bertz CT molecular complexity index is 473. The second-order valence-corrected chi connectivity index (χ2v) is 13.7. The summed E-state index contributed by atoms with van der Waals surface area (Å²) in [5, 5.41) is 3.29. The van der Waals surface area contributed by atoms with Crippen LogP contribution in [0.2, 0.25) is 18.1 Å². The summed E-state index contributed by atoms with van der Waals surface area (Å²) in [7, 11) is -1.85. The second-order valence-electron chi connectivity index (χ2n) is 8.90. The van der Waals surface area contributed by atoms with E-state index in [9.17, 15) is 4.79 Å². The predicted octanol–water partition coefficient (Wildman–Crippen LogP) is 3.22. The molecule has 1 unspecified atom stereocenters. The third kappa shape index (κ3) is 2.45. The Hall–Kier alpha value is -0.393. The summed E-state index contributed by atoms with van der Waals surface area (Å²) >= 11 is 0. The molecule has 1 saturated carbocycles. The Morgan fingerprint density at radius 1 is 1.36 bits per heavy atom. The lowest BCUT2D eigenvalue weighted by Crippen LogP contribution is -2.69. The predicted molar refractivity (Wildman–Crippen MR) is 89.2 cm³/mol. The van der Waals surface area contributed by atoms with Crippen LogP contribution in [-0.4, -0.2) is 38.1 Å². The fourth-order valence-corrected chi connectivity index (χ4v) is 5.36. The average molecular weight is 326 g/mol. The lowest BCUT2D eigenvalue weighted by atomic mass is 9.72. The fourth-order valence-electron chi connectivity index (χ4n) is 3.93. The Labute approximate surface area is 135 Å². The van der Waals surface area contributed by atoms with Crippen LogP contribution in [0.5, 0.6) is 0 Å². The largest absolute Gasteiger partial charge is 0.413 e. The third-order valence-corrected chi connectivity index (χ3v) is 11.0. The van der Waals surface area contributed by atoms with E-state index in [1.807, 2.05) is 0 Å². The fraction of sp³-hybridized carbons (Fsp3) is 0.941. The normalized spacial score (nSPS) is 39.5. The molecule has 1 amide bonds. The second kappa shape index (κ2) is 5.05. The molecule has 0 aromatic carbocycles. The number of amides is 1. The molecule has 0 radical (unpaired) electrons. The first-order valence-corrected chi connectivity index (χ1v) is 11.7. The van der Waals surface area contributed by atoms with E-state index in [-0.39, 0.29) is 34.6 Å². The van der Waals surface area contributed by atoms with Crippen molar-refractivity contribution in [3.8, 4) is 0 Å². The van der Waals surface area contributed by atoms with E-state index in [1.165, 1.54) is 12.8 Å². The van der Waals surface area contributed by atoms with Gasteiger partial charge in [0.2, 0.25) is 5.91 Å². The number of carbonyl (C=O) groups is 1. The molecular formula is C17H31NO3Si. The standard InChI is InChI=1S/C17H31NO3Si/c1-11(21-22(5,6)16(2,3)4)13-14(18-15(13)19)17-10-8-7-9-12(17)20-17/h11-14H,7-10H2,1-6H3,(H,18,19)/t11-,12?,13-,14-,17-/m1/s1. The van der Waals surface area contributed by atoms with Gasteiger partial charge >= 0.3 is 0 Å². The molecule has 22 heavy (non-hydrogen) atoms. The number of ether oxygens (including phenoxy) is 1. The van der Waals surface area contributed by atoms with Gasteiger partial charge in [-0.05, 0) is 37.9 Å². The minimum Gasteiger partial charge on any atom is -0.413 e. The van der Waals surface area contributed by atoms with Crippen LogP contribution >= 0.6 is 0 Å². The van der Waals surface area contributed by atoms with Gasteiger partial charge < -0.3 is 14.5 Å². The number of carbonyl (C=O) groups excluding carboxylic acids is 1. The first-order valence-electron chi connectivity index (χ1n) is 8.74. The summed E-state index contributed by atoms with van der Waals surface area (Å²) in [5.74, 6) is 0.0997. The Morgan fingerprint density at radius 2 is 2.05 bits per heavy atom. The lowest BCUT2D eigenvalue weighted by Gasteiger charge is -2.47. The highest BCUT2D eigenvalue weighted by Gasteiger charge is 2.68. The Balaban J connectivity index is 1.69. The summed E-state index contributed by atoms with van der Waals surface area (Å²) < 4.78 is 12.5. The number of hydrogen-bond acceptors (Lipinski definition) is 3. The van der Waals surface area contributed by atoms with E-state index in [2.05, 4.69) is 46.1 Å². The van der Waals surface area contributed by atoms with Gasteiger partial charge in [-0.1, -0.05) is 33.6 Å². The van der Waals surface area contributed by atoms with Crippen molar-refractivity contribution in [3.05, 3.63) is 0 Å². The number of β-lactam (4-membered cyclic amide) rings is 1. The molecule has 126 valence electrons. The van der Waals surface area contributed by atoms with Gasteiger partial charge in [0.1, 0.15) is 5.60 Å². The van der Waals surface area contributed by atoms with Gasteiger partial charge in [0, 0.05) is 0 Å². The number of hydrogen-bond donors (Lipinski definition) is 1. The SMILES string of the molecule is C[C@@H](O[Si](C)(C)C(C)(C)C)[C@H]1C(=O)N[C@H]1[C@@]12CCCCC1O2. The minimum absolute atomic E-state index is 0.0270. The van der Waals surface area contributed by atoms with Crippen molar-refractivity contribution in [3.63, 3.8) is 0 Å². The molecule has 0 bridgehead atoms. The van der Waals surface area contributed by atoms with Crippen LogP contribution in [0.4, 0.5) is 0 Å². The molecule has 3 fully saturated rings. The molecule has 2 saturated heterocycles. The zero-order valence-electron chi connectivity index (χ0n) is 14.9. The first kappa shape index (κ1) is 16.5. The molecule has 5 heteroatoms. The molecule has 0 aromatic heterocycles. The highest BCUT2D eigenvalue weighted by Crippen LogP contribution is 2.54. The van der Waals surface area contributed by atoms with E-state index in [4.69, 9.17) is 9.16 Å². The topological polar surface area (TPSA) is 50.9 Å². The van der Waals surface area contributed by atoms with E-state index in [0.29, 0.717) is 6.10 Å².